The molecule has 1 unspecified atom stereocenters. The van der Waals surface area contributed by atoms with Crippen LogP contribution in [0.4, 0.5) is 0 Å². The molecule has 1 heterocycles. The van der Waals surface area contributed by atoms with E-state index in [1.54, 1.807) is 0 Å². The smallest absolute Gasteiger partial charge is 0.0531 e. The van der Waals surface area contributed by atoms with Crippen molar-refractivity contribution >= 4 is 0 Å². The maximum atomic E-state index is 5.47. The molecule has 0 radical (unpaired) electrons. The first-order valence-corrected chi connectivity index (χ1v) is 7.48. The van der Waals surface area contributed by atoms with Crippen LogP contribution in [0.5, 0.6) is 0 Å². The van der Waals surface area contributed by atoms with Gasteiger partial charge < -0.3 is 15.4 Å². The van der Waals surface area contributed by atoms with Crippen LogP contribution < -0.4 is 10.6 Å². The zero-order valence-corrected chi connectivity index (χ0v) is 12.3. The quantitative estimate of drug-likeness (QED) is 0.789. The highest BCUT2D eigenvalue weighted by Crippen LogP contribution is 2.37. The highest BCUT2D eigenvalue weighted by Gasteiger charge is 2.35. The lowest BCUT2D eigenvalue weighted by atomic mass is 9.79. The molecule has 0 bridgehead atoms. The maximum Gasteiger partial charge on any atom is 0.0531 e. The molecule has 2 N–H and O–H groups in total. The molecule has 0 aromatic heterocycles. The van der Waals surface area contributed by atoms with Crippen LogP contribution in [0.1, 0.15) is 46.0 Å². The van der Waals surface area contributed by atoms with E-state index in [4.69, 9.17) is 4.74 Å². The second-order valence-corrected chi connectivity index (χ2v) is 7.17. The van der Waals surface area contributed by atoms with Crippen LogP contribution in [-0.4, -0.2) is 39.4 Å². The lowest BCUT2D eigenvalue weighted by molar-refractivity contribution is 0.0513. The van der Waals surface area contributed by atoms with Crippen molar-refractivity contribution in [1.82, 2.24) is 10.6 Å². The molecule has 0 aromatic carbocycles. The fourth-order valence-corrected chi connectivity index (χ4v) is 3.61. The lowest BCUT2D eigenvalue weighted by Gasteiger charge is -2.38. The third-order valence-corrected chi connectivity index (χ3v) is 4.85. The number of hydrogen-bond acceptors (Lipinski definition) is 3. The molecule has 0 amide bonds. The van der Waals surface area contributed by atoms with Crippen LogP contribution in [0.15, 0.2) is 0 Å². The molecule has 3 nitrogen and oxygen atoms in total. The Balaban J connectivity index is 1.82. The second-order valence-electron chi connectivity index (χ2n) is 7.17. The van der Waals surface area contributed by atoms with Crippen LogP contribution >= 0.6 is 0 Å². The van der Waals surface area contributed by atoms with Crippen molar-refractivity contribution < 1.29 is 4.74 Å². The molecule has 1 atom stereocenters. The molecule has 106 valence electrons. The van der Waals surface area contributed by atoms with Gasteiger partial charge in [-0.15, -0.1) is 0 Å². The van der Waals surface area contributed by atoms with E-state index in [-0.39, 0.29) is 0 Å². The van der Waals surface area contributed by atoms with Gasteiger partial charge in [-0.2, -0.15) is 0 Å². The number of ether oxygens (including phenoxy) is 1. The Hall–Kier alpha value is -0.120. The van der Waals surface area contributed by atoms with Crippen molar-refractivity contribution in [1.29, 1.82) is 0 Å². The van der Waals surface area contributed by atoms with Gasteiger partial charge in [-0.25, -0.2) is 0 Å². The van der Waals surface area contributed by atoms with Gasteiger partial charge in [0.25, 0.3) is 0 Å². The second kappa shape index (κ2) is 5.89. The fourth-order valence-electron chi connectivity index (χ4n) is 3.61. The Morgan fingerprint density at radius 2 is 1.94 bits per heavy atom. The van der Waals surface area contributed by atoms with E-state index >= 15 is 0 Å². The molecule has 1 aliphatic carbocycles. The molecule has 2 fully saturated rings. The van der Waals surface area contributed by atoms with Gasteiger partial charge in [0.05, 0.1) is 6.61 Å². The number of methoxy groups -OCH3 is 1. The summed E-state index contributed by atoms with van der Waals surface area (Å²) in [7, 11) is 1.84. The van der Waals surface area contributed by atoms with Gasteiger partial charge >= 0.3 is 0 Å². The van der Waals surface area contributed by atoms with Crippen LogP contribution in [0, 0.1) is 10.8 Å². The Labute approximate surface area is 112 Å². The third-order valence-electron chi connectivity index (χ3n) is 4.85. The summed E-state index contributed by atoms with van der Waals surface area (Å²) in [4.78, 5) is 0. The van der Waals surface area contributed by atoms with Gasteiger partial charge in [0, 0.05) is 25.1 Å². The Bertz CT molecular complexity index is 254. The summed E-state index contributed by atoms with van der Waals surface area (Å²) in [5.74, 6) is 0. The van der Waals surface area contributed by atoms with Crippen molar-refractivity contribution in [2.45, 2.75) is 52.0 Å². The van der Waals surface area contributed by atoms with Gasteiger partial charge in [0.15, 0.2) is 0 Å². The molecular weight excluding hydrogens is 224 g/mol. The molecule has 2 aliphatic rings. The van der Waals surface area contributed by atoms with Crippen LogP contribution in [0.25, 0.3) is 0 Å². The van der Waals surface area contributed by atoms with E-state index in [1.165, 1.54) is 32.1 Å². The van der Waals surface area contributed by atoms with E-state index in [9.17, 15) is 0 Å². The van der Waals surface area contributed by atoms with Crippen LogP contribution in [0.3, 0.4) is 0 Å². The first-order chi connectivity index (χ1) is 8.55. The number of nitrogens with one attached hydrogen (secondary N) is 2. The Morgan fingerprint density at radius 1 is 1.22 bits per heavy atom. The Morgan fingerprint density at radius 3 is 2.50 bits per heavy atom. The summed E-state index contributed by atoms with van der Waals surface area (Å²) in [5.41, 5.74) is 0.910. The summed E-state index contributed by atoms with van der Waals surface area (Å²) >= 11 is 0. The average Bonchev–Trinajstić information content (AvgIpc) is 2.68. The van der Waals surface area contributed by atoms with E-state index in [1.807, 2.05) is 7.11 Å². The van der Waals surface area contributed by atoms with Crippen molar-refractivity contribution in [3.8, 4) is 0 Å². The van der Waals surface area contributed by atoms with E-state index in [0.29, 0.717) is 10.8 Å². The molecular formula is C15H30N2O. The lowest BCUT2D eigenvalue weighted by Crippen LogP contribution is -2.47. The fraction of sp³-hybridized carbons (Fsp3) is 1.00. The van der Waals surface area contributed by atoms with Gasteiger partial charge in [-0.1, -0.05) is 13.8 Å². The number of piperidine rings is 1. The SMILES string of the molecule is COCC1(CNC2CCC(C)(C)C2)CCNCC1. The summed E-state index contributed by atoms with van der Waals surface area (Å²) in [6, 6.07) is 0.726. The summed E-state index contributed by atoms with van der Waals surface area (Å²) in [6.45, 7) is 9.09. The summed E-state index contributed by atoms with van der Waals surface area (Å²) in [6.07, 6.45) is 6.51. The van der Waals surface area contributed by atoms with Gasteiger partial charge in [0.1, 0.15) is 0 Å². The zero-order valence-electron chi connectivity index (χ0n) is 12.3. The van der Waals surface area contributed by atoms with Crippen LogP contribution in [0.2, 0.25) is 0 Å². The molecule has 1 aliphatic heterocycles. The molecule has 2 rings (SSSR count). The molecule has 1 saturated carbocycles. The maximum absolute atomic E-state index is 5.47. The highest BCUT2D eigenvalue weighted by atomic mass is 16.5. The van der Waals surface area contributed by atoms with Crippen LogP contribution in [-0.2, 0) is 4.74 Å². The minimum Gasteiger partial charge on any atom is -0.384 e. The average molecular weight is 254 g/mol. The summed E-state index contributed by atoms with van der Waals surface area (Å²) < 4.78 is 5.47. The number of hydrogen-bond donors (Lipinski definition) is 2. The van der Waals surface area contributed by atoms with Crippen molar-refractivity contribution in [2.75, 3.05) is 33.4 Å². The normalized spacial score (nSPS) is 30.5. The predicted octanol–water partition coefficient (Wildman–Crippen LogP) is 2.17. The van der Waals surface area contributed by atoms with E-state index in [0.717, 1.165) is 32.3 Å². The van der Waals surface area contributed by atoms with Gasteiger partial charge in [-0.3, -0.25) is 0 Å². The predicted molar refractivity (Wildman–Crippen MR) is 75.8 cm³/mol. The largest absolute Gasteiger partial charge is 0.384 e. The van der Waals surface area contributed by atoms with E-state index < -0.39 is 0 Å². The van der Waals surface area contributed by atoms with Crippen molar-refractivity contribution in [3.05, 3.63) is 0 Å². The third kappa shape index (κ3) is 3.69. The topological polar surface area (TPSA) is 33.3 Å². The van der Waals surface area contributed by atoms with E-state index in [2.05, 4.69) is 24.5 Å². The minimum atomic E-state index is 0.368. The van der Waals surface area contributed by atoms with Gasteiger partial charge in [0.2, 0.25) is 0 Å². The Kier molecular flexibility index (Phi) is 4.68. The minimum absolute atomic E-state index is 0.368. The molecule has 18 heavy (non-hydrogen) atoms. The first kappa shape index (κ1) is 14.3. The monoisotopic (exact) mass is 254 g/mol. The van der Waals surface area contributed by atoms with Crippen molar-refractivity contribution in [3.63, 3.8) is 0 Å². The first-order valence-electron chi connectivity index (χ1n) is 7.48. The summed E-state index contributed by atoms with van der Waals surface area (Å²) in [5, 5.41) is 7.28. The highest BCUT2D eigenvalue weighted by molar-refractivity contribution is 4.91. The number of rotatable bonds is 5. The molecule has 1 saturated heterocycles. The molecule has 0 spiro atoms. The zero-order chi connectivity index (χ0) is 13.1. The van der Waals surface area contributed by atoms with Gasteiger partial charge in [-0.05, 0) is 50.6 Å². The standard InChI is InChI=1S/C15H30N2O/c1-14(2)5-4-13(10-14)17-11-15(12-18-3)6-8-16-9-7-15/h13,16-17H,4-12H2,1-3H3. The molecule has 3 heteroatoms. The molecule has 0 aromatic rings. The van der Waals surface area contributed by atoms with Crippen molar-refractivity contribution in [2.24, 2.45) is 10.8 Å².